The average molecular weight is 377 g/mol. The van der Waals surface area contributed by atoms with Gasteiger partial charge in [-0.25, -0.2) is 9.59 Å². The summed E-state index contributed by atoms with van der Waals surface area (Å²) in [7, 11) is 5.79. The zero-order valence-corrected chi connectivity index (χ0v) is 16.7. The topological polar surface area (TPSA) is 76.0 Å². The summed E-state index contributed by atoms with van der Waals surface area (Å²) >= 11 is 0. The smallest absolute Gasteiger partial charge is 0.344 e. The first-order chi connectivity index (χ1) is 13.0. The standard InChI is InChI=1S/C18H21NO5.C2H6O/c1-5-24-16-15(18(21)23-4)14(17(20)22-3)12(2)19(16)11-13-9-7-6-8-10-13;1-3-2/h6-10H,5,11H2,1-4H3;1-2H3. The number of nitrogens with zero attached hydrogens (tertiary/aromatic N) is 1. The minimum Gasteiger partial charge on any atom is -0.478 e. The molecule has 0 radical (unpaired) electrons. The molecule has 0 unspecified atom stereocenters. The van der Waals surface area contributed by atoms with E-state index < -0.39 is 11.9 Å². The Hall–Kier alpha value is -2.80. The van der Waals surface area contributed by atoms with Crippen LogP contribution in [0.1, 0.15) is 38.9 Å². The minimum absolute atomic E-state index is 0.0969. The summed E-state index contributed by atoms with van der Waals surface area (Å²) < 4.78 is 21.4. The van der Waals surface area contributed by atoms with Crippen molar-refractivity contribution in [2.24, 2.45) is 0 Å². The van der Waals surface area contributed by atoms with Gasteiger partial charge < -0.3 is 23.5 Å². The Bertz CT molecular complexity index is 752. The lowest BCUT2D eigenvalue weighted by molar-refractivity contribution is 0.0552. The highest BCUT2D eigenvalue weighted by Gasteiger charge is 2.32. The summed E-state index contributed by atoms with van der Waals surface area (Å²) in [5.74, 6) is -0.916. The number of hydrogen-bond donors (Lipinski definition) is 0. The number of aromatic nitrogens is 1. The molecule has 0 aliphatic rings. The van der Waals surface area contributed by atoms with E-state index in [9.17, 15) is 9.59 Å². The van der Waals surface area contributed by atoms with Crippen LogP contribution in [-0.2, 0) is 20.8 Å². The third-order valence-corrected chi connectivity index (χ3v) is 3.72. The van der Waals surface area contributed by atoms with Gasteiger partial charge in [0.15, 0.2) is 0 Å². The lowest BCUT2D eigenvalue weighted by Crippen LogP contribution is -2.11. The number of carbonyl (C=O) groups excluding carboxylic acids is 2. The molecule has 0 fully saturated rings. The molecule has 148 valence electrons. The Morgan fingerprint density at radius 3 is 1.93 bits per heavy atom. The van der Waals surface area contributed by atoms with E-state index in [0.717, 1.165) is 5.56 Å². The Morgan fingerprint density at radius 2 is 1.44 bits per heavy atom. The molecule has 27 heavy (non-hydrogen) atoms. The van der Waals surface area contributed by atoms with E-state index in [1.807, 2.05) is 37.3 Å². The summed E-state index contributed by atoms with van der Waals surface area (Å²) in [5.41, 5.74) is 1.88. The van der Waals surface area contributed by atoms with Crippen LogP contribution in [0.15, 0.2) is 30.3 Å². The van der Waals surface area contributed by atoms with Crippen LogP contribution in [0.3, 0.4) is 0 Å². The van der Waals surface area contributed by atoms with Crippen LogP contribution in [0.2, 0.25) is 0 Å². The van der Waals surface area contributed by atoms with Crippen molar-refractivity contribution in [3.8, 4) is 5.88 Å². The fraction of sp³-hybridized carbons (Fsp3) is 0.400. The van der Waals surface area contributed by atoms with Gasteiger partial charge in [-0.15, -0.1) is 0 Å². The highest BCUT2D eigenvalue weighted by molar-refractivity contribution is 6.06. The number of ether oxygens (including phenoxy) is 4. The summed E-state index contributed by atoms with van der Waals surface area (Å²) in [6.45, 7) is 4.38. The molecule has 1 aromatic carbocycles. The van der Waals surface area contributed by atoms with Gasteiger partial charge in [0.2, 0.25) is 5.88 Å². The summed E-state index contributed by atoms with van der Waals surface area (Å²) in [6, 6.07) is 9.71. The monoisotopic (exact) mass is 377 g/mol. The van der Waals surface area contributed by atoms with Crippen molar-refractivity contribution in [2.45, 2.75) is 20.4 Å². The van der Waals surface area contributed by atoms with E-state index in [0.29, 0.717) is 24.7 Å². The SMILES string of the molecule is CCOc1c(C(=O)OC)c(C(=O)OC)c(C)n1Cc1ccccc1.COC. The normalized spacial score (nSPS) is 9.85. The lowest BCUT2D eigenvalue weighted by Gasteiger charge is -2.12. The minimum atomic E-state index is -0.631. The van der Waals surface area contributed by atoms with E-state index in [1.165, 1.54) is 14.2 Å². The number of benzene rings is 1. The number of carbonyl (C=O) groups is 2. The predicted octanol–water partition coefficient (Wildman–Crippen LogP) is 3.08. The molecule has 7 nitrogen and oxygen atoms in total. The van der Waals surface area contributed by atoms with E-state index in [4.69, 9.17) is 14.2 Å². The van der Waals surface area contributed by atoms with Crippen LogP contribution in [0.5, 0.6) is 5.88 Å². The number of rotatable bonds is 6. The molecule has 0 N–H and O–H groups in total. The summed E-state index contributed by atoms with van der Waals surface area (Å²) in [6.07, 6.45) is 0. The maximum Gasteiger partial charge on any atom is 0.344 e. The second kappa shape index (κ2) is 11.0. The Kier molecular flexibility index (Phi) is 9.08. The van der Waals surface area contributed by atoms with Crippen LogP contribution in [0, 0.1) is 6.92 Å². The molecule has 2 aromatic rings. The molecule has 0 aliphatic heterocycles. The molecular weight excluding hydrogens is 350 g/mol. The van der Waals surface area contributed by atoms with Gasteiger partial charge in [0.05, 0.1) is 32.9 Å². The molecule has 7 heteroatoms. The van der Waals surface area contributed by atoms with Crippen molar-refractivity contribution in [3.63, 3.8) is 0 Å². The van der Waals surface area contributed by atoms with Crippen molar-refractivity contribution >= 4 is 11.9 Å². The largest absolute Gasteiger partial charge is 0.478 e. The van der Waals surface area contributed by atoms with Crippen LogP contribution >= 0.6 is 0 Å². The Labute approximate surface area is 159 Å². The first-order valence-electron chi connectivity index (χ1n) is 8.43. The second-order valence-electron chi connectivity index (χ2n) is 5.54. The molecule has 1 aromatic heterocycles. The second-order valence-corrected chi connectivity index (χ2v) is 5.54. The van der Waals surface area contributed by atoms with Gasteiger partial charge in [-0.05, 0) is 19.4 Å². The van der Waals surface area contributed by atoms with E-state index in [2.05, 4.69) is 4.74 Å². The maximum absolute atomic E-state index is 12.2. The number of esters is 2. The van der Waals surface area contributed by atoms with Crippen LogP contribution < -0.4 is 4.74 Å². The van der Waals surface area contributed by atoms with Crippen LogP contribution in [0.25, 0.3) is 0 Å². The highest BCUT2D eigenvalue weighted by Crippen LogP contribution is 2.32. The van der Waals surface area contributed by atoms with Gasteiger partial charge in [-0.2, -0.15) is 0 Å². The van der Waals surface area contributed by atoms with Gasteiger partial charge in [-0.1, -0.05) is 30.3 Å². The van der Waals surface area contributed by atoms with E-state index in [-0.39, 0.29) is 11.1 Å². The first-order valence-corrected chi connectivity index (χ1v) is 8.43. The third-order valence-electron chi connectivity index (χ3n) is 3.72. The molecule has 0 amide bonds. The van der Waals surface area contributed by atoms with Gasteiger partial charge in [-0.3, -0.25) is 0 Å². The fourth-order valence-electron chi connectivity index (χ4n) is 2.60. The summed E-state index contributed by atoms with van der Waals surface area (Å²) in [4.78, 5) is 24.4. The maximum atomic E-state index is 12.2. The van der Waals surface area contributed by atoms with Gasteiger partial charge >= 0.3 is 11.9 Å². The van der Waals surface area contributed by atoms with Gasteiger partial charge in [0, 0.05) is 19.9 Å². The Morgan fingerprint density at radius 1 is 0.926 bits per heavy atom. The predicted molar refractivity (Wildman–Crippen MR) is 101 cm³/mol. The van der Waals surface area contributed by atoms with Crippen molar-refractivity contribution < 1.29 is 28.5 Å². The van der Waals surface area contributed by atoms with Crippen molar-refractivity contribution in [1.82, 2.24) is 4.57 Å². The molecule has 0 aliphatic carbocycles. The summed E-state index contributed by atoms with van der Waals surface area (Å²) in [5, 5.41) is 0. The lowest BCUT2D eigenvalue weighted by atomic mass is 10.1. The number of hydrogen-bond acceptors (Lipinski definition) is 6. The van der Waals surface area contributed by atoms with E-state index in [1.54, 1.807) is 25.7 Å². The van der Waals surface area contributed by atoms with Crippen LogP contribution in [0.4, 0.5) is 0 Å². The number of methoxy groups -OCH3 is 3. The zero-order valence-electron chi connectivity index (χ0n) is 16.7. The molecule has 1 heterocycles. The Balaban J connectivity index is 0.00000114. The molecule has 0 atom stereocenters. The van der Waals surface area contributed by atoms with E-state index >= 15 is 0 Å². The molecule has 0 saturated carbocycles. The first kappa shape index (κ1) is 22.2. The third kappa shape index (κ3) is 5.34. The van der Waals surface area contributed by atoms with Gasteiger partial charge in [0.1, 0.15) is 5.56 Å². The quantitative estimate of drug-likeness (QED) is 0.720. The highest BCUT2D eigenvalue weighted by atomic mass is 16.5. The fourth-order valence-corrected chi connectivity index (χ4v) is 2.60. The molecule has 2 rings (SSSR count). The van der Waals surface area contributed by atoms with Crippen molar-refractivity contribution in [3.05, 3.63) is 52.7 Å². The molecule has 0 spiro atoms. The van der Waals surface area contributed by atoms with Crippen LogP contribution in [-0.4, -0.2) is 51.6 Å². The molecular formula is C20H27NO6. The zero-order chi connectivity index (χ0) is 20.4. The molecule has 0 saturated heterocycles. The van der Waals surface area contributed by atoms with Gasteiger partial charge in [0.25, 0.3) is 0 Å². The molecule has 0 bridgehead atoms. The van der Waals surface area contributed by atoms with Crippen molar-refractivity contribution in [2.75, 3.05) is 35.0 Å². The average Bonchev–Trinajstić information content (AvgIpc) is 2.94. The van der Waals surface area contributed by atoms with Crippen molar-refractivity contribution in [1.29, 1.82) is 0 Å².